The number of aromatic amines is 1. The van der Waals surface area contributed by atoms with E-state index >= 15 is 0 Å². The molecule has 180 valence electrons. The van der Waals surface area contributed by atoms with Gasteiger partial charge in [0.05, 0.1) is 33.6 Å². The zero-order valence-corrected chi connectivity index (χ0v) is 18.6. The predicted molar refractivity (Wildman–Crippen MR) is 125 cm³/mol. The quantitative estimate of drug-likeness (QED) is 0.356. The zero-order valence-electron chi connectivity index (χ0n) is 18.6. The molecule has 0 bridgehead atoms. The number of aryl methyl sites for hydroxylation is 1. The van der Waals surface area contributed by atoms with Crippen molar-refractivity contribution < 1.29 is 22.5 Å². The van der Waals surface area contributed by atoms with E-state index in [0.29, 0.717) is 28.0 Å². The summed E-state index contributed by atoms with van der Waals surface area (Å²) in [6.07, 6.45) is -4.62. The van der Waals surface area contributed by atoms with E-state index in [-0.39, 0.29) is 28.1 Å². The highest BCUT2D eigenvalue weighted by Crippen LogP contribution is 2.37. The number of hydrogen-bond donors (Lipinski definition) is 2. The Morgan fingerprint density at radius 3 is 2.56 bits per heavy atom. The summed E-state index contributed by atoms with van der Waals surface area (Å²) < 4.78 is 46.1. The monoisotopic (exact) mass is 491 g/mol. The number of aromatic nitrogens is 4. The van der Waals surface area contributed by atoms with Gasteiger partial charge in [0.15, 0.2) is 0 Å². The van der Waals surface area contributed by atoms with Gasteiger partial charge in [0.1, 0.15) is 0 Å². The third-order valence-electron chi connectivity index (χ3n) is 5.47. The molecule has 5 rings (SSSR count). The normalized spacial score (nSPS) is 11.6. The van der Waals surface area contributed by atoms with Gasteiger partial charge in [0, 0.05) is 22.9 Å². The Labute approximate surface area is 200 Å². The minimum absolute atomic E-state index is 0.0540. The largest absolute Gasteiger partial charge is 0.417 e. The van der Waals surface area contributed by atoms with Crippen molar-refractivity contribution >= 4 is 22.7 Å². The number of fused-ring (bicyclic) bond motifs is 1. The second kappa shape index (κ2) is 8.77. The number of anilines is 1. The van der Waals surface area contributed by atoms with Crippen LogP contribution in [-0.2, 0) is 6.18 Å². The Kier molecular flexibility index (Phi) is 5.59. The molecule has 1 amide bonds. The molecule has 8 nitrogen and oxygen atoms in total. The number of halogens is 3. The minimum atomic E-state index is -4.62. The van der Waals surface area contributed by atoms with E-state index in [2.05, 4.69) is 25.7 Å². The Hall–Kier alpha value is -4.80. The summed E-state index contributed by atoms with van der Waals surface area (Å²) in [6.45, 7) is 1.61. The summed E-state index contributed by atoms with van der Waals surface area (Å²) in [4.78, 5) is 28.8. The predicted octanol–water partition coefficient (Wildman–Crippen LogP) is 5.22. The number of carbonyl (C=O) groups is 1. The highest BCUT2D eigenvalue weighted by atomic mass is 19.4. The fourth-order valence-corrected chi connectivity index (χ4v) is 3.83. The van der Waals surface area contributed by atoms with Crippen molar-refractivity contribution in [3.63, 3.8) is 0 Å². The maximum atomic E-state index is 13.6. The van der Waals surface area contributed by atoms with Crippen LogP contribution in [0.1, 0.15) is 21.6 Å². The molecule has 0 aliphatic rings. The highest BCUT2D eigenvalue weighted by Gasteiger charge is 2.34. The topological polar surface area (TPSA) is 114 Å². The molecular weight excluding hydrogens is 475 g/mol. The van der Waals surface area contributed by atoms with Crippen LogP contribution in [0.3, 0.4) is 0 Å². The smallest absolute Gasteiger partial charge is 0.335 e. The minimum Gasteiger partial charge on any atom is -0.335 e. The molecule has 3 heterocycles. The molecule has 0 unspecified atom stereocenters. The van der Waals surface area contributed by atoms with Crippen LogP contribution >= 0.6 is 0 Å². The number of benzene rings is 2. The van der Waals surface area contributed by atoms with Gasteiger partial charge >= 0.3 is 6.18 Å². The Bertz CT molecular complexity index is 1650. The maximum absolute atomic E-state index is 13.6. The molecule has 3 aromatic heterocycles. The SMILES string of the molecule is Cc1noc2nc(-c3ccccc3C(F)(F)F)cc(C(=O)Nc3cccc(-c4ccc(=O)[nH]n4)c3)c12. The first kappa shape index (κ1) is 23.0. The second-order valence-electron chi connectivity index (χ2n) is 7.89. The zero-order chi connectivity index (χ0) is 25.4. The molecule has 0 aliphatic heterocycles. The number of alkyl halides is 3. The summed E-state index contributed by atoms with van der Waals surface area (Å²) in [6, 6.07) is 15.9. The Morgan fingerprint density at radius 1 is 1.00 bits per heavy atom. The number of nitrogens with one attached hydrogen (secondary N) is 2. The van der Waals surface area contributed by atoms with Gasteiger partial charge in [-0.25, -0.2) is 10.1 Å². The molecule has 11 heteroatoms. The first-order valence-electron chi connectivity index (χ1n) is 10.6. The number of hydrogen-bond acceptors (Lipinski definition) is 6. The molecule has 36 heavy (non-hydrogen) atoms. The van der Waals surface area contributed by atoms with Crippen LogP contribution in [-0.4, -0.2) is 26.2 Å². The third-order valence-corrected chi connectivity index (χ3v) is 5.47. The fourth-order valence-electron chi connectivity index (χ4n) is 3.83. The van der Waals surface area contributed by atoms with Crippen LogP contribution in [0.5, 0.6) is 0 Å². The lowest BCUT2D eigenvalue weighted by atomic mass is 10.0. The van der Waals surface area contributed by atoms with Crippen LogP contribution in [0.2, 0.25) is 0 Å². The molecule has 0 atom stereocenters. The number of amides is 1. The summed E-state index contributed by atoms with van der Waals surface area (Å²) in [5.41, 5.74) is 0.368. The van der Waals surface area contributed by atoms with Gasteiger partial charge in [-0.2, -0.15) is 18.3 Å². The Morgan fingerprint density at radius 2 is 1.81 bits per heavy atom. The third kappa shape index (κ3) is 4.33. The van der Waals surface area contributed by atoms with Gasteiger partial charge in [-0.3, -0.25) is 9.59 Å². The van der Waals surface area contributed by atoms with Crippen molar-refractivity contribution in [2.75, 3.05) is 5.32 Å². The highest BCUT2D eigenvalue weighted by molar-refractivity contribution is 6.13. The summed E-state index contributed by atoms with van der Waals surface area (Å²) >= 11 is 0. The average molecular weight is 491 g/mol. The van der Waals surface area contributed by atoms with Gasteiger partial charge in [-0.15, -0.1) is 0 Å². The lowest BCUT2D eigenvalue weighted by Gasteiger charge is -2.13. The van der Waals surface area contributed by atoms with Crippen molar-refractivity contribution in [1.29, 1.82) is 0 Å². The van der Waals surface area contributed by atoms with Gasteiger partial charge in [0.25, 0.3) is 17.2 Å². The lowest BCUT2D eigenvalue weighted by Crippen LogP contribution is -2.14. The molecule has 0 saturated carbocycles. The van der Waals surface area contributed by atoms with E-state index < -0.39 is 17.6 Å². The van der Waals surface area contributed by atoms with Crippen LogP contribution in [0, 0.1) is 6.92 Å². The van der Waals surface area contributed by atoms with Crippen molar-refractivity contribution in [3.05, 3.63) is 93.9 Å². The molecule has 0 aliphatic carbocycles. The fraction of sp³-hybridized carbons (Fsp3) is 0.0800. The molecule has 5 aromatic rings. The van der Waals surface area contributed by atoms with Gasteiger partial charge in [-0.1, -0.05) is 35.5 Å². The lowest BCUT2D eigenvalue weighted by molar-refractivity contribution is -0.137. The number of rotatable bonds is 4. The number of H-pyrrole nitrogens is 1. The number of nitrogens with zero attached hydrogens (tertiary/aromatic N) is 3. The molecular formula is C25H16F3N5O3. The number of pyridine rings is 1. The van der Waals surface area contributed by atoms with Crippen LogP contribution in [0.4, 0.5) is 18.9 Å². The summed E-state index contributed by atoms with van der Waals surface area (Å²) in [5, 5.41) is 13.2. The molecule has 0 fully saturated rings. The van der Waals surface area contributed by atoms with Crippen LogP contribution in [0.25, 0.3) is 33.6 Å². The molecule has 0 saturated heterocycles. The first-order chi connectivity index (χ1) is 17.2. The first-order valence-corrected chi connectivity index (χ1v) is 10.6. The average Bonchev–Trinajstić information content (AvgIpc) is 3.24. The van der Waals surface area contributed by atoms with E-state index in [0.717, 1.165) is 6.07 Å². The van der Waals surface area contributed by atoms with E-state index in [1.54, 1.807) is 31.2 Å². The van der Waals surface area contributed by atoms with Crippen molar-refractivity contribution in [2.24, 2.45) is 0 Å². The number of carbonyl (C=O) groups excluding carboxylic acids is 1. The molecule has 2 N–H and O–H groups in total. The van der Waals surface area contributed by atoms with Crippen molar-refractivity contribution in [2.45, 2.75) is 13.1 Å². The summed E-state index contributed by atoms with van der Waals surface area (Å²) in [7, 11) is 0. The van der Waals surface area contributed by atoms with Gasteiger partial charge in [0.2, 0.25) is 0 Å². The maximum Gasteiger partial charge on any atom is 0.417 e. The van der Waals surface area contributed by atoms with Gasteiger partial charge < -0.3 is 9.84 Å². The van der Waals surface area contributed by atoms with E-state index in [4.69, 9.17) is 4.52 Å². The van der Waals surface area contributed by atoms with E-state index in [1.807, 2.05) is 0 Å². The second-order valence-corrected chi connectivity index (χ2v) is 7.89. The van der Waals surface area contributed by atoms with Crippen LogP contribution < -0.4 is 10.9 Å². The molecule has 0 spiro atoms. The standard InChI is InChI=1S/C25H16F3N5O3/c1-13-22-17(23(35)29-15-6-4-5-14(11-15)19-9-10-21(34)32-31-19)12-20(30-24(22)36-33-13)16-7-2-3-8-18(16)25(26,27)28/h2-12H,1H3,(H,29,35)(H,32,34). The van der Waals surface area contributed by atoms with Crippen molar-refractivity contribution in [1.82, 2.24) is 20.3 Å². The van der Waals surface area contributed by atoms with E-state index in [9.17, 15) is 22.8 Å². The van der Waals surface area contributed by atoms with E-state index in [1.165, 1.54) is 36.4 Å². The van der Waals surface area contributed by atoms with Crippen molar-refractivity contribution in [3.8, 4) is 22.5 Å². The Balaban J connectivity index is 1.57. The summed E-state index contributed by atoms with van der Waals surface area (Å²) in [5.74, 6) is -0.592. The van der Waals surface area contributed by atoms with Crippen LogP contribution in [0.15, 0.2) is 76.0 Å². The van der Waals surface area contributed by atoms with Gasteiger partial charge in [-0.05, 0) is 37.3 Å². The molecule has 0 radical (unpaired) electrons. The molecule has 2 aromatic carbocycles.